The maximum Gasteiger partial charge on any atom is 0.295 e. The number of anilines is 1. The van der Waals surface area contributed by atoms with E-state index in [1.54, 1.807) is 0 Å². The molecule has 1 unspecified atom stereocenters. The van der Waals surface area contributed by atoms with Gasteiger partial charge in [0.15, 0.2) is 5.82 Å². The Labute approximate surface area is 107 Å². The van der Waals surface area contributed by atoms with Crippen molar-refractivity contribution in [1.82, 2.24) is 9.97 Å². The monoisotopic (exact) mass is 254 g/mol. The van der Waals surface area contributed by atoms with Gasteiger partial charge in [-0.3, -0.25) is 4.79 Å². The second-order valence-electron chi connectivity index (χ2n) is 5.10. The van der Waals surface area contributed by atoms with E-state index in [4.69, 9.17) is 10.5 Å². The third-order valence-electron chi connectivity index (χ3n) is 2.74. The summed E-state index contributed by atoms with van der Waals surface area (Å²) in [6, 6.07) is 0. The number of nitrogens with one attached hydrogen (secondary N) is 2. The minimum Gasteiger partial charge on any atom is -0.489 e. The van der Waals surface area contributed by atoms with E-state index in [9.17, 15) is 4.79 Å². The van der Waals surface area contributed by atoms with Crippen LogP contribution in [0, 0.1) is 5.92 Å². The first kappa shape index (κ1) is 14.5. The number of hydrogen-bond donors (Lipinski definition) is 3. The molecule has 0 aromatic carbocycles. The molecule has 102 valence electrons. The van der Waals surface area contributed by atoms with Crippen molar-refractivity contribution in [3.8, 4) is 5.75 Å². The van der Waals surface area contributed by atoms with Gasteiger partial charge in [0, 0.05) is 12.1 Å². The number of rotatable bonds is 6. The van der Waals surface area contributed by atoms with Crippen LogP contribution in [0.5, 0.6) is 5.75 Å². The number of aromatic amines is 1. The van der Waals surface area contributed by atoms with Crippen LogP contribution in [0.1, 0.15) is 27.2 Å². The molecule has 1 heterocycles. The highest BCUT2D eigenvalue weighted by atomic mass is 16.5. The third-order valence-corrected chi connectivity index (χ3v) is 2.74. The molecule has 0 aliphatic carbocycles. The molecular formula is C12H22N4O2. The van der Waals surface area contributed by atoms with Crippen molar-refractivity contribution in [3.05, 3.63) is 16.7 Å². The first-order chi connectivity index (χ1) is 8.41. The average molecular weight is 254 g/mol. The highest BCUT2D eigenvalue weighted by Crippen LogP contribution is 2.24. The quantitative estimate of drug-likeness (QED) is 0.703. The summed E-state index contributed by atoms with van der Waals surface area (Å²) < 4.78 is 5.06. The fourth-order valence-electron chi connectivity index (χ4n) is 2.04. The first-order valence-electron chi connectivity index (χ1n) is 6.02. The van der Waals surface area contributed by atoms with Crippen LogP contribution in [0.15, 0.2) is 11.1 Å². The normalized spacial score (nSPS) is 14.3. The average Bonchev–Trinajstić information content (AvgIpc) is 2.28. The molecule has 4 N–H and O–H groups in total. The standard InChI is InChI=1S/C12H22N4O2/c1-8(2)5-12(3,6-13)16-10-9(18-4)11(17)15-7-14-10/h7-8H,5-6,13H2,1-4H3,(H2,14,15,16,17). The molecule has 6 heteroatoms. The van der Waals surface area contributed by atoms with Crippen molar-refractivity contribution in [2.45, 2.75) is 32.7 Å². The maximum absolute atomic E-state index is 11.6. The molecule has 1 aromatic rings. The summed E-state index contributed by atoms with van der Waals surface area (Å²) in [5.74, 6) is 1.09. The van der Waals surface area contributed by atoms with E-state index in [2.05, 4.69) is 29.1 Å². The second kappa shape index (κ2) is 5.86. The number of H-pyrrole nitrogens is 1. The van der Waals surface area contributed by atoms with Crippen LogP contribution >= 0.6 is 0 Å². The zero-order valence-electron chi connectivity index (χ0n) is 11.4. The lowest BCUT2D eigenvalue weighted by Gasteiger charge is -2.32. The van der Waals surface area contributed by atoms with Gasteiger partial charge in [0.2, 0.25) is 5.75 Å². The van der Waals surface area contributed by atoms with Crippen molar-refractivity contribution in [3.63, 3.8) is 0 Å². The van der Waals surface area contributed by atoms with Crippen LogP contribution in [-0.4, -0.2) is 29.2 Å². The second-order valence-corrected chi connectivity index (χ2v) is 5.10. The summed E-state index contributed by atoms with van der Waals surface area (Å²) in [4.78, 5) is 18.2. The Hall–Kier alpha value is -1.56. The zero-order valence-corrected chi connectivity index (χ0v) is 11.4. The lowest BCUT2D eigenvalue weighted by Crippen LogP contribution is -2.44. The van der Waals surface area contributed by atoms with Crippen LogP contribution in [0.25, 0.3) is 0 Å². The van der Waals surface area contributed by atoms with Crippen molar-refractivity contribution in [2.24, 2.45) is 11.7 Å². The highest BCUT2D eigenvalue weighted by Gasteiger charge is 2.26. The van der Waals surface area contributed by atoms with Gasteiger partial charge >= 0.3 is 0 Å². The maximum atomic E-state index is 11.6. The molecule has 0 saturated carbocycles. The van der Waals surface area contributed by atoms with Crippen LogP contribution in [0.2, 0.25) is 0 Å². The lowest BCUT2D eigenvalue weighted by molar-refractivity contribution is 0.389. The number of nitrogens with two attached hydrogens (primary N) is 1. The van der Waals surface area contributed by atoms with Crippen LogP contribution < -0.4 is 21.3 Å². The Bertz CT molecular complexity index is 444. The summed E-state index contributed by atoms with van der Waals surface area (Å²) in [5, 5.41) is 3.22. The molecule has 0 aliphatic rings. The largest absolute Gasteiger partial charge is 0.489 e. The fraction of sp³-hybridized carbons (Fsp3) is 0.667. The Morgan fingerprint density at radius 3 is 2.78 bits per heavy atom. The number of aromatic nitrogens is 2. The van der Waals surface area contributed by atoms with Crippen molar-refractivity contribution in [1.29, 1.82) is 0 Å². The fourth-order valence-corrected chi connectivity index (χ4v) is 2.04. The van der Waals surface area contributed by atoms with Crippen LogP contribution in [-0.2, 0) is 0 Å². The van der Waals surface area contributed by atoms with Crippen molar-refractivity contribution in [2.75, 3.05) is 19.0 Å². The van der Waals surface area contributed by atoms with Gasteiger partial charge in [0.25, 0.3) is 5.56 Å². The molecule has 1 rings (SSSR count). The summed E-state index contributed by atoms with van der Waals surface area (Å²) >= 11 is 0. The van der Waals surface area contributed by atoms with E-state index in [1.165, 1.54) is 13.4 Å². The summed E-state index contributed by atoms with van der Waals surface area (Å²) in [5.41, 5.74) is 5.19. The SMILES string of the molecule is COc1c(NC(C)(CN)CC(C)C)nc[nH]c1=O. The van der Waals surface area contributed by atoms with E-state index >= 15 is 0 Å². The molecule has 0 saturated heterocycles. The first-order valence-corrected chi connectivity index (χ1v) is 6.02. The zero-order chi connectivity index (χ0) is 13.8. The smallest absolute Gasteiger partial charge is 0.295 e. The topological polar surface area (TPSA) is 93.0 Å². The van der Waals surface area contributed by atoms with E-state index in [0.29, 0.717) is 18.3 Å². The molecule has 0 spiro atoms. The lowest BCUT2D eigenvalue weighted by atomic mass is 9.91. The van der Waals surface area contributed by atoms with E-state index in [1.807, 2.05) is 6.92 Å². The molecule has 18 heavy (non-hydrogen) atoms. The molecule has 1 atom stereocenters. The molecule has 0 radical (unpaired) electrons. The minimum atomic E-state index is -0.317. The van der Waals surface area contributed by atoms with Gasteiger partial charge in [0.1, 0.15) is 0 Å². The molecule has 0 aliphatic heterocycles. The number of hydrogen-bond acceptors (Lipinski definition) is 5. The number of ether oxygens (including phenoxy) is 1. The van der Waals surface area contributed by atoms with Gasteiger partial charge in [-0.15, -0.1) is 0 Å². The molecule has 1 aromatic heterocycles. The van der Waals surface area contributed by atoms with Gasteiger partial charge in [-0.1, -0.05) is 13.8 Å². The van der Waals surface area contributed by atoms with Crippen LogP contribution in [0.3, 0.4) is 0 Å². The van der Waals surface area contributed by atoms with Gasteiger partial charge in [0.05, 0.1) is 13.4 Å². The van der Waals surface area contributed by atoms with E-state index in [-0.39, 0.29) is 16.8 Å². The van der Waals surface area contributed by atoms with Gasteiger partial charge in [-0.2, -0.15) is 0 Å². The predicted molar refractivity (Wildman–Crippen MR) is 71.9 cm³/mol. The molecule has 0 amide bonds. The van der Waals surface area contributed by atoms with Crippen molar-refractivity contribution >= 4 is 5.82 Å². The Morgan fingerprint density at radius 2 is 2.28 bits per heavy atom. The Morgan fingerprint density at radius 1 is 1.61 bits per heavy atom. The predicted octanol–water partition coefficient (Wildman–Crippen LogP) is 0.954. The highest BCUT2D eigenvalue weighted by molar-refractivity contribution is 5.49. The molecular weight excluding hydrogens is 232 g/mol. The van der Waals surface area contributed by atoms with Crippen LogP contribution in [0.4, 0.5) is 5.82 Å². The summed E-state index contributed by atoms with van der Waals surface area (Å²) in [6.45, 7) is 6.70. The third kappa shape index (κ3) is 3.46. The van der Waals surface area contributed by atoms with E-state index < -0.39 is 0 Å². The van der Waals surface area contributed by atoms with Gasteiger partial charge < -0.3 is 20.8 Å². The van der Waals surface area contributed by atoms with Gasteiger partial charge in [-0.05, 0) is 19.3 Å². The van der Waals surface area contributed by atoms with E-state index in [0.717, 1.165) is 6.42 Å². The van der Waals surface area contributed by atoms with Crippen molar-refractivity contribution < 1.29 is 4.74 Å². The number of methoxy groups -OCH3 is 1. The minimum absolute atomic E-state index is 0.181. The summed E-state index contributed by atoms with van der Waals surface area (Å²) in [7, 11) is 1.44. The molecule has 0 bridgehead atoms. The molecule has 0 fully saturated rings. The summed E-state index contributed by atoms with van der Waals surface area (Å²) in [6.07, 6.45) is 2.22. The Kier molecular flexibility index (Phi) is 4.72. The van der Waals surface area contributed by atoms with Gasteiger partial charge in [-0.25, -0.2) is 4.98 Å². The Balaban J connectivity index is 3.01. The number of nitrogens with zero attached hydrogens (tertiary/aromatic N) is 1. The molecule has 6 nitrogen and oxygen atoms in total.